The first kappa shape index (κ1) is 26.8. The van der Waals surface area contributed by atoms with Gasteiger partial charge in [0.1, 0.15) is 11.4 Å². The summed E-state index contributed by atoms with van der Waals surface area (Å²) in [4.78, 5) is 37.2. The highest BCUT2D eigenvalue weighted by Gasteiger charge is 2.69. The van der Waals surface area contributed by atoms with E-state index in [0.717, 1.165) is 6.42 Å². The maximum absolute atomic E-state index is 12.9. The minimum Gasteiger partial charge on any atom is -0.484 e. The van der Waals surface area contributed by atoms with Crippen LogP contribution in [-0.2, 0) is 14.3 Å². The van der Waals surface area contributed by atoms with Gasteiger partial charge in [0.15, 0.2) is 6.61 Å². The molecule has 5 rings (SSSR count). The van der Waals surface area contributed by atoms with Crippen LogP contribution in [0.3, 0.4) is 0 Å². The van der Waals surface area contributed by atoms with E-state index in [0.29, 0.717) is 54.6 Å². The van der Waals surface area contributed by atoms with E-state index in [2.05, 4.69) is 21.3 Å². The molecule has 3 aliphatic carbocycles. The largest absolute Gasteiger partial charge is 0.484 e. The molecule has 2 bridgehead atoms. The van der Waals surface area contributed by atoms with Gasteiger partial charge in [-0.05, 0) is 77.5 Å². The number of nitrogens with one attached hydrogen (secondary N) is 4. The number of halogens is 2. The molecule has 198 valence electrons. The van der Waals surface area contributed by atoms with Gasteiger partial charge in [-0.3, -0.25) is 9.59 Å². The van der Waals surface area contributed by atoms with Crippen LogP contribution in [0.1, 0.15) is 52.9 Å². The van der Waals surface area contributed by atoms with Gasteiger partial charge in [0.25, 0.3) is 5.91 Å². The van der Waals surface area contributed by atoms with Crippen molar-refractivity contribution in [1.82, 2.24) is 21.3 Å². The third kappa shape index (κ3) is 6.55. The number of hydrogen-bond acceptors (Lipinski definition) is 6. The van der Waals surface area contributed by atoms with Crippen molar-refractivity contribution in [3.63, 3.8) is 0 Å². The van der Waals surface area contributed by atoms with Crippen LogP contribution in [0, 0.1) is 5.92 Å². The molecule has 1 aromatic rings. The summed E-state index contributed by atoms with van der Waals surface area (Å²) in [5, 5.41) is 13.1. The van der Waals surface area contributed by atoms with Crippen molar-refractivity contribution in [1.29, 1.82) is 0 Å². The number of benzene rings is 1. The molecule has 9 nitrogen and oxygen atoms in total. The van der Waals surface area contributed by atoms with Gasteiger partial charge in [0, 0.05) is 23.7 Å². The Morgan fingerprint density at radius 1 is 1.08 bits per heavy atom. The Kier molecular flexibility index (Phi) is 7.65. The van der Waals surface area contributed by atoms with Crippen molar-refractivity contribution >= 4 is 41.1 Å². The van der Waals surface area contributed by atoms with Crippen molar-refractivity contribution < 1.29 is 23.9 Å². The van der Waals surface area contributed by atoms with E-state index in [4.69, 9.17) is 32.7 Å². The summed E-state index contributed by atoms with van der Waals surface area (Å²) in [6, 6.07) is 4.54. The van der Waals surface area contributed by atoms with Crippen molar-refractivity contribution in [2.24, 2.45) is 5.92 Å². The first-order valence-corrected chi connectivity index (χ1v) is 13.0. The van der Waals surface area contributed by atoms with Crippen molar-refractivity contribution in [3.05, 3.63) is 28.2 Å². The fraction of sp³-hybridized carbons (Fsp3) is 0.640. The van der Waals surface area contributed by atoms with E-state index >= 15 is 0 Å². The van der Waals surface area contributed by atoms with E-state index in [1.807, 2.05) is 20.8 Å². The first-order chi connectivity index (χ1) is 16.9. The summed E-state index contributed by atoms with van der Waals surface area (Å²) in [5.41, 5.74) is -1.07. The van der Waals surface area contributed by atoms with E-state index < -0.39 is 11.7 Å². The Morgan fingerprint density at radius 3 is 2.44 bits per heavy atom. The fourth-order valence-electron chi connectivity index (χ4n) is 5.37. The summed E-state index contributed by atoms with van der Waals surface area (Å²) in [5.74, 6) is 0.429. The maximum Gasteiger partial charge on any atom is 0.407 e. The average molecular weight is 541 g/mol. The molecule has 0 aromatic heterocycles. The van der Waals surface area contributed by atoms with Crippen LogP contribution >= 0.6 is 23.2 Å². The second kappa shape index (κ2) is 10.3. The Morgan fingerprint density at radius 2 is 1.78 bits per heavy atom. The van der Waals surface area contributed by atoms with Crippen LogP contribution in [-0.4, -0.2) is 60.3 Å². The van der Waals surface area contributed by atoms with Gasteiger partial charge in [-0.2, -0.15) is 0 Å². The normalized spacial score (nSPS) is 28.7. The molecule has 1 aromatic carbocycles. The monoisotopic (exact) mass is 540 g/mol. The molecule has 2 unspecified atom stereocenters. The van der Waals surface area contributed by atoms with Crippen molar-refractivity contribution in [3.8, 4) is 5.75 Å². The molecule has 36 heavy (non-hydrogen) atoms. The standard InChI is InChI=1S/C25H34Cl2N4O5/c1-23(2,3)36-22(34)29-10-15-6-7-28-19(8-15)21(33)31-25-12-24(13-25,14-25)30-20(32)11-35-16-4-5-17(26)18(27)9-16/h4-5,9,15,19,28H,6-8,10-14H2,1-3H3,(H,29,34)(H,30,32)(H,31,33). The van der Waals surface area contributed by atoms with Crippen LogP contribution in [0.25, 0.3) is 0 Å². The predicted molar refractivity (Wildman–Crippen MR) is 136 cm³/mol. The molecule has 1 heterocycles. The highest BCUT2D eigenvalue weighted by Crippen LogP contribution is 2.60. The Labute approximate surface area is 221 Å². The number of carbonyl (C=O) groups excluding carboxylic acids is 3. The van der Waals surface area contributed by atoms with E-state index in [1.165, 1.54) is 0 Å². The summed E-state index contributed by atoms with van der Waals surface area (Å²) >= 11 is 11.9. The highest BCUT2D eigenvalue weighted by molar-refractivity contribution is 6.42. The van der Waals surface area contributed by atoms with E-state index in [9.17, 15) is 14.4 Å². The lowest BCUT2D eigenvalue weighted by atomic mass is 9.44. The third-order valence-corrected chi connectivity index (χ3v) is 7.59. The van der Waals surface area contributed by atoms with Crippen LogP contribution < -0.4 is 26.0 Å². The smallest absolute Gasteiger partial charge is 0.407 e. The molecule has 0 spiro atoms. The second-order valence-electron chi connectivity index (χ2n) is 11.3. The van der Waals surface area contributed by atoms with Gasteiger partial charge in [-0.15, -0.1) is 0 Å². The molecule has 0 radical (unpaired) electrons. The second-order valence-corrected chi connectivity index (χ2v) is 12.1. The molecule has 11 heteroatoms. The topological polar surface area (TPSA) is 118 Å². The molecule has 4 fully saturated rings. The first-order valence-electron chi connectivity index (χ1n) is 12.3. The lowest BCUT2D eigenvalue weighted by molar-refractivity contribution is -0.151. The van der Waals surface area contributed by atoms with Gasteiger partial charge in [-0.1, -0.05) is 23.2 Å². The molecule has 4 aliphatic rings. The lowest BCUT2D eigenvalue weighted by Gasteiger charge is -2.70. The van der Waals surface area contributed by atoms with Gasteiger partial charge in [-0.25, -0.2) is 4.79 Å². The Hall–Kier alpha value is -2.23. The molecule has 1 aliphatic heterocycles. The molecular weight excluding hydrogens is 507 g/mol. The van der Waals surface area contributed by atoms with Crippen LogP contribution in [0.2, 0.25) is 10.0 Å². The van der Waals surface area contributed by atoms with Crippen LogP contribution in [0.4, 0.5) is 4.79 Å². The van der Waals surface area contributed by atoms with Crippen LogP contribution in [0.15, 0.2) is 18.2 Å². The summed E-state index contributed by atoms with van der Waals surface area (Å²) in [7, 11) is 0. The number of ether oxygens (including phenoxy) is 2. The quantitative estimate of drug-likeness (QED) is 0.402. The summed E-state index contributed by atoms with van der Waals surface area (Å²) in [6.07, 6.45) is 3.21. The van der Waals surface area contributed by atoms with E-state index in [-0.39, 0.29) is 41.5 Å². The fourth-order valence-corrected chi connectivity index (χ4v) is 5.66. The number of alkyl carbamates (subject to hydrolysis) is 1. The third-order valence-electron chi connectivity index (χ3n) is 6.85. The summed E-state index contributed by atoms with van der Waals surface area (Å²) < 4.78 is 10.8. The molecular formula is C25H34Cl2N4O5. The minimum atomic E-state index is -0.543. The number of amides is 3. The van der Waals surface area contributed by atoms with Crippen molar-refractivity contribution in [2.45, 2.75) is 75.6 Å². The number of carbonyl (C=O) groups is 3. The zero-order valence-electron chi connectivity index (χ0n) is 20.8. The molecule has 4 N–H and O–H groups in total. The lowest BCUT2D eigenvalue weighted by Crippen LogP contribution is -2.84. The van der Waals surface area contributed by atoms with Gasteiger partial charge in [0.05, 0.1) is 16.1 Å². The molecule has 3 saturated carbocycles. The van der Waals surface area contributed by atoms with Gasteiger partial charge in [0.2, 0.25) is 5.91 Å². The van der Waals surface area contributed by atoms with Crippen LogP contribution in [0.5, 0.6) is 5.75 Å². The zero-order chi connectivity index (χ0) is 26.1. The Balaban J connectivity index is 1.16. The number of hydrogen-bond donors (Lipinski definition) is 4. The Bertz CT molecular complexity index is 1010. The number of rotatable bonds is 8. The van der Waals surface area contributed by atoms with Crippen molar-refractivity contribution in [2.75, 3.05) is 19.7 Å². The van der Waals surface area contributed by atoms with Gasteiger partial charge >= 0.3 is 6.09 Å². The highest BCUT2D eigenvalue weighted by atomic mass is 35.5. The SMILES string of the molecule is CC(C)(C)OC(=O)NCC1CCNC(C(=O)NC23CC(NC(=O)COc4ccc(Cl)c(Cl)c4)(C2)C3)C1. The zero-order valence-corrected chi connectivity index (χ0v) is 22.4. The maximum atomic E-state index is 12.9. The minimum absolute atomic E-state index is 0.0282. The van der Waals surface area contributed by atoms with Gasteiger partial charge < -0.3 is 30.7 Å². The number of piperidine rings is 1. The molecule has 3 amide bonds. The molecule has 2 atom stereocenters. The average Bonchev–Trinajstić information content (AvgIpc) is 2.75. The summed E-state index contributed by atoms with van der Waals surface area (Å²) in [6.45, 7) is 6.54. The molecule has 1 saturated heterocycles. The van der Waals surface area contributed by atoms with E-state index in [1.54, 1.807) is 18.2 Å². The predicted octanol–water partition coefficient (Wildman–Crippen LogP) is 3.17.